The number of rotatable bonds is 2. The minimum atomic E-state index is 0.881. The van der Waals surface area contributed by atoms with E-state index in [0.717, 1.165) is 33.1 Å². The van der Waals surface area contributed by atoms with Crippen LogP contribution in [0.25, 0.3) is 27.9 Å². The molecule has 0 bridgehead atoms. The summed E-state index contributed by atoms with van der Waals surface area (Å²) in [6, 6.07) is 7.91. The Morgan fingerprint density at radius 1 is 1.05 bits per heavy atom. The molecule has 0 N–H and O–H groups in total. The van der Waals surface area contributed by atoms with Crippen LogP contribution in [-0.4, -0.2) is 16.2 Å². The van der Waals surface area contributed by atoms with Gasteiger partial charge in [-0.15, -0.1) is 0 Å². The molecular formula is C16H13N3. The van der Waals surface area contributed by atoms with E-state index in [4.69, 9.17) is 0 Å². The van der Waals surface area contributed by atoms with E-state index in [9.17, 15) is 0 Å². The van der Waals surface area contributed by atoms with Crippen LogP contribution in [0.15, 0.2) is 48.2 Å². The van der Waals surface area contributed by atoms with Gasteiger partial charge in [0, 0.05) is 34.9 Å². The number of fused-ring (bicyclic) bond motifs is 3. The second-order valence-electron chi connectivity index (χ2n) is 4.15. The smallest absolute Gasteiger partial charge is 0.0818 e. The summed E-state index contributed by atoms with van der Waals surface area (Å²) in [6.45, 7) is 5.80. The highest BCUT2D eigenvalue weighted by molar-refractivity contribution is 6.13. The minimum Gasteiger partial charge on any atom is -0.260 e. The summed E-state index contributed by atoms with van der Waals surface area (Å²) < 4.78 is 0. The molecule has 0 saturated heterocycles. The number of benzene rings is 1. The van der Waals surface area contributed by atoms with E-state index in [1.165, 1.54) is 0 Å². The highest BCUT2D eigenvalue weighted by Gasteiger charge is 2.12. The zero-order valence-corrected chi connectivity index (χ0v) is 10.7. The fourth-order valence-corrected chi connectivity index (χ4v) is 2.34. The zero-order chi connectivity index (χ0) is 13.2. The second-order valence-corrected chi connectivity index (χ2v) is 4.15. The SMILES string of the molecule is C=Cc1c(/N=C\C)c2cccnc2c2cccnc12. The minimum absolute atomic E-state index is 0.881. The molecule has 3 rings (SSSR count). The monoisotopic (exact) mass is 247 g/mol. The molecule has 0 amide bonds. The highest BCUT2D eigenvalue weighted by atomic mass is 14.8. The summed E-state index contributed by atoms with van der Waals surface area (Å²) in [5.41, 5.74) is 3.65. The maximum Gasteiger partial charge on any atom is 0.0818 e. The van der Waals surface area contributed by atoms with E-state index in [-0.39, 0.29) is 0 Å². The summed E-state index contributed by atoms with van der Waals surface area (Å²) in [4.78, 5) is 13.4. The Morgan fingerprint density at radius 3 is 2.42 bits per heavy atom. The summed E-state index contributed by atoms with van der Waals surface area (Å²) in [5.74, 6) is 0. The molecule has 0 atom stereocenters. The highest BCUT2D eigenvalue weighted by Crippen LogP contribution is 2.36. The largest absolute Gasteiger partial charge is 0.260 e. The van der Waals surface area contributed by atoms with Gasteiger partial charge in [0.05, 0.1) is 16.7 Å². The quantitative estimate of drug-likeness (QED) is 0.504. The molecule has 92 valence electrons. The van der Waals surface area contributed by atoms with E-state index >= 15 is 0 Å². The molecule has 0 aliphatic carbocycles. The molecular weight excluding hydrogens is 234 g/mol. The summed E-state index contributed by atoms with van der Waals surface area (Å²) in [6.07, 6.45) is 7.17. The second kappa shape index (κ2) is 4.61. The summed E-state index contributed by atoms with van der Waals surface area (Å²) in [5, 5.41) is 2.05. The van der Waals surface area contributed by atoms with E-state index < -0.39 is 0 Å². The van der Waals surface area contributed by atoms with Crippen molar-refractivity contribution in [2.24, 2.45) is 4.99 Å². The zero-order valence-electron chi connectivity index (χ0n) is 10.7. The Hall–Kier alpha value is -2.55. The van der Waals surface area contributed by atoms with Crippen LogP contribution in [0.3, 0.4) is 0 Å². The molecule has 19 heavy (non-hydrogen) atoms. The number of aromatic nitrogens is 2. The Balaban J connectivity index is 2.64. The Labute approximate surface area is 111 Å². The van der Waals surface area contributed by atoms with Crippen molar-refractivity contribution >= 4 is 39.8 Å². The van der Waals surface area contributed by atoms with Gasteiger partial charge in [-0.3, -0.25) is 15.0 Å². The van der Waals surface area contributed by atoms with Crippen molar-refractivity contribution in [3.63, 3.8) is 0 Å². The van der Waals surface area contributed by atoms with Crippen LogP contribution < -0.4 is 0 Å². The van der Waals surface area contributed by atoms with Gasteiger partial charge in [0.25, 0.3) is 0 Å². The van der Waals surface area contributed by atoms with Gasteiger partial charge in [0.1, 0.15) is 0 Å². The maximum atomic E-state index is 4.48. The van der Waals surface area contributed by atoms with Gasteiger partial charge >= 0.3 is 0 Å². The fourth-order valence-electron chi connectivity index (χ4n) is 2.34. The molecule has 2 heterocycles. The van der Waals surface area contributed by atoms with Crippen LogP contribution in [0.4, 0.5) is 5.69 Å². The van der Waals surface area contributed by atoms with Crippen molar-refractivity contribution in [1.29, 1.82) is 0 Å². The number of aliphatic imine (C=N–C) groups is 1. The molecule has 1 aromatic carbocycles. The van der Waals surface area contributed by atoms with Crippen molar-refractivity contribution < 1.29 is 0 Å². The third-order valence-electron chi connectivity index (χ3n) is 3.10. The molecule has 3 heteroatoms. The Morgan fingerprint density at radius 2 is 1.74 bits per heavy atom. The normalized spacial score (nSPS) is 11.4. The third-order valence-corrected chi connectivity index (χ3v) is 3.10. The number of hydrogen-bond donors (Lipinski definition) is 0. The molecule has 3 aromatic rings. The Kier molecular flexibility index (Phi) is 2.80. The predicted molar refractivity (Wildman–Crippen MR) is 81.0 cm³/mol. The average molecular weight is 247 g/mol. The number of hydrogen-bond acceptors (Lipinski definition) is 3. The Bertz CT molecular complexity index is 804. The molecule has 0 fully saturated rings. The van der Waals surface area contributed by atoms with Crippen LogP contribution in [-0.2, 0) is 0 Å². The van der Waals surface area contributed by atoms with Crippen LogP contribution in [0.5, 0.6) is 0 Å². The van der Waals surface area contributed by atoms with Gasteiger partial charge in [-0.2, -0.15) is 0 Å². The van der Waals surface area contributed by atoms with Crippen molar-refractivity contribution in [3.8, 4) is 0 Å². The first-order chi connectivity index (χ1) is 9.36. The predicted octanol–water partition coefficient (Wildman–Crippen LogP) is 4.15. The van der Waals surface area contributed by atoms with E-state index in [2.05, 4.69) is 21.5 Å². The van der Waals surface area contributed by atoms with Crippen LogP contribution >= 0.6 is 0 Å². The third kappa shape index (κ3) is 1.71. The van der Waals surface area contributed by atoms with Gasteiger partial charge in [0.2, 0.25) is 0 Å². The molecule has 0 unspecified atom stereocenters. The maximum absolute atomic E-state index is 4.48. The van der Waals surface area contributed by atoms with Gasteiger partial charge in [-0.05, 0) is 31.2 Å². The lowest BCUT2D eigenvalue weighted by molar-refractivity contribution is 1.38. The summed E-state index contributed by atoms with van der Waals surface area (Å²) >= 11 is 0. The topological polar surface area (TPSA) is 38.1 Å². The summed E-state index contributed by atoms with van der Waals surface area (Å²) in [7, 11) is 0. The van der Waals surface area contributed by atoms with Crippen molar-refractivity contribution in [1.82, 2.24) is 9.97 Å². The molecule has 0 aliphatic rings. The standard InChI is InChI=1S/C16H13N3/c1-3-11-14(17-4-2)12-7-5-10-19-16(12)13-8-6-9-18-15(11)13/h3-10H,1H2,2H3/b17-4-. The lowest BCUT2D eigenvalue weighted by atomic mass is 10.0. The van der Waals surface area contributed by atoms with Crippen molar-refractivity contribution in [2.75, 3.05) is 0 Å². The molecule has 3 nitrogen and oxygen atoms in total. The first-order valence-electron chi connectivity index (χ1n) is 6.13. The van der Waals surface area contributed by atoms with Crippen molar-refractivity contribution in [2.45, 2.75) is 6.92 Å². The fraction of sp³-hybridized carbons (Fsp3) is 0.0625. The van der Waals surface area contributed by atoms with E-state index in [1.54, 1.807) is 18.6 Å². The molecule has 0 spiro atoms. The van der Waals surface area contributed by atoms with Crippen LogP contribution in [0, 0.1) is 0 Å². The van der Waals surface area contributed by atoms with Crippen molar-refractivity contribution in [3.05, 3.63) is 48.8 Å². The average Bonchev–Trinajstić information content (AvgIpc) is 2.48. The molecule has 0 aliphatic heterocycles. The number of nitrogens with zero attached hydrogens (tertiary/aromatic N) is 3. The lowest BCUT2D eigenvalue weighted by Gasteiger charge is -2.10. The molecule has 0 saturated carbocycles. The molecule has 0 radical (unpaired) electrons. The van der Waals surface area contributed by atoms with Gasteiger partial charge in [-0.1, -0.05) is 12.7 Å². The van der Waals surface area contributed by atoms with Gasteiger partial charge in [0.15, 0.2) is 0 Å². The molecule has 2 aromatic heterocycles. The first-order valence-corrected chi connectivity index (χ1v) is 6.13. The van der Waals surface area contributed by atoms with Crippen LogP contribution in [0.2, 0.25) is 0 Å². The first kappa shape index (κ1) is 11.5. The van der Waals surface area contributed by atoms with Gasteiger partial charge in [-0.25, -0.2) is 0 Å². The van der Waals surface area contributed by atoms with Gasteiger partial charge < -0.3 is 0 Å². The lowest BCUT2D eigenvalue weighted by Crippen LogP contribution is -1.89. The van der Waals surface area contributed by atoms with E-state index in [1.807, 2.05) is 37.3 Å². The van der Waals surface area contributed by atoms with Crippen LogP contribution in [0.1, 0.15) is 12.5 Å². The van der Waals surface area contributed by atoms with E-state index in [0.29, 0.717) is 0 Å². The number of pyridine rings is 2.